The van der Waals surface area contributed by atoms with Crippen LogP contribution < -0.4 is 19.1 Å². The Labute approximate surface area is 217 Å². The summed E-state index contributed by atoms with van der Waals surface area (Å²) in [6.45, 7) is 9.02. The molecule has 0 atom stereocenters. The van der Waals surface area contributed by atoms with Crippen molar-refractivity contribution in [2.45, 2.75) is 53.4 Å². The van der Waals surface area contributed by atoms with Gasteiger partial charge in [0.1, 0.15) is 17.2 Å². The van der Waals surface area contributed by atoms with Crippen molar-refractivity contribution in [3.63, 3.8) is 0 Å². The SMILES string of the molecule is COc1cccc(C(=O)N(C/C=C(\C)CC/C=C(\C)CCC=C(C)C)c2cc(OC)cc(OC)c2)c1. The second-order valence-electron chi connectivity index (χ2n) is 9.18. The van der Waals surface area contributed by atoms with E-state index < -0.39 is 0 Å². The van der Waals surface area contributed by atoms with E-state index in [9.17, 15) is 4.79 Å². The number of ether oxygens (including phenoxy) is 3. The summed E-state index contributed by atoms with van der Waals surface area (Å²) in [5.41, 5.74) is 5.28. The molecule has 2 rings (SSSR count). The number of allylic oxidation sites excluding steroid dienone is 5. The number of nitrogens with zero attached hydrogens (tertiary/aromatic N) is 1. The first-order valence-corrected chi connectivity index (χ1v) is 12.4. The van der Waals surface area contributed by atoms with Crippen LogP contribution in [0.25, 0.3) is 0 Å². The van der Waals surface area contributed by atoms with E-state index in [0.29, 0.717) is 35.0 Å². The minimum absolute atomic E-state index is 0.122. The summed E-state index contributed by atoms with van der Waals surface area (Å²) in [6, 6.07) is 12.7. The van der Waals surface area contributed by atoms with Crippen LogP contribution in [0.4, 0.5) is 5.69 Å². The monoisotopic (exact) mass is 491 g/mol. The molecule has 0 saturated heterocycles. The maximum Gasteiger partial charge on any atom is 0.258 e. The Morgan fingerprint density at radius 1 is 0.750 bits per heavy atom. The highest BCUT2D eigenvalue weighted by Gasteiger charge is 2.19. The summed E-state index contributed by atoms with van der Waals surface area (Å²) in [5.74, 6) is 1.77. The van der Waals surface area contributed by atoms with Gasteiger partial charge in [-0.05, 0) is 71.6 Å². The number of anilines is 1. The average Bonchev–Trinajstić information content (AvgIpc) is 2.88. The Hall–Kier alpha value is -3.47. The largest absolute Gasteiger partial charge is 0.497 e. The Balaban J connectivity index is 2.23. The van der Waals surface area contributed by atoms with Crippen molar-refractivity contribution >= 4 is 11.6 Å². The molecule has 0 aromatic heterocycles. The highest BCUT2D eigenvalue weighted by molar-refractivity contribution is 6.06. The van der Waals surface area contributed by atoms with E-state index >= 15 is 0 Å². The van der Waals surface area contributed by atoms with Crippen LogP contribution in [0.3, 0.4) is 0 Å². The van der Waals surface area contributed by atoms with E-state index in [1.165, 1.54) is 16.7 Å². The first-order valence-electron chi connectivity index (χ1n) is 12.4. The fourth-order valence-corrected chi connectivity index (χ4v) is 3.75. The number of hydrogen-bond donors (Lipinski definition) is 0. The zero-order valence-corrected chi connectivity index (χ0v) is 22.9. The van der Waals surface area contributed by atoms with Crippen molar-refractivity contribution in [3.8, 4) is 17.2 Å². The van der Waals surface area contributed by atoms with Gasteiger partial charge in [0.25, 0.3) is 5.91 Å². The van der Waals surface area contributed by atoms with E-state index in [2.05, 4.69) is 45.9 Å². The van der Waals surface area contributed by atoms with Crippen LogP contribution >= 0.6 is 0 Å². The lowest BCUT2D eigenvalue weighted by molar-refractivity contribution is 0.0989. The third-order valence-corrected chi connectivity index (χ3v) is 5.95. The molecule has 0 aliphatic heterocycles. The van der Waals surface area contributed by atoms with E-state index in [0.717, 1.165) is 25.7 Å². The molecular formula is C31H41NO4. The molecule has 0 N–H and O–H groups in total. The van der Waals surface area contributed by atoms with Crippen molar-refractivity contribution in [1.29, 1.82) is 0 Å². The van der Waals surface area contributed by atoms with E-state index in [1.807, 2.05) is 24.3 Å². The van der Waals surface area contributed by atoms with E-state index in [4.69, 9.17) is 14.2 Å². The molecule has 0 fully saturated rings. The molecule has 5 heteroatoms. The topological polar surface area (TPSA) is 48.0 Å². The quantitative estimate of drug-likeness (QED) is 0.268. The standard InChI is InChI=1S/C31H41NO4/c1-23(2)11-8-12-24(3)13-9-14-25(4)17-18-32(27-20-29(35-6)22-30(21-27)36-7)31(33)26-15-10-16-28(19-26)34-5/h10-11,13,15-17,19-22H,8-9,12,14,18H2,1-7H3/b24-13+,25-17+. The molecule has 36 heavy (non-hydrogen) atoms. The second-order valence-corrected chi connectivity index (χ2v) is 9.18. The molecule has 0 unspecified atom stereocenters. The Bertz CT molecular complexity index is 1070. The van der Waals surface area contributed by atoms with Crippen molar-refractivity contribution < 1.29 is 19.0 Å². The number of rotatable bonds is 13. The summed E-state index contributed by atoms with van der Waals surface area (Å²) >= 11 is 0. The van der Waals surface area contributed by atoms with E-state index in [1.54, 1.807) is 44.4 Å². The molecule has 0 aliphatic rings. The van der Waals surface area contributed by atoms with Gasteiger partial charge in [0, 0.05) is 30.3 Å². The van der Waals surface area contributed by atoms with Gasteiger partial charge in [-0.15, -0.1) is 0 Å². The number of carbonyl (C=O) groups is 1. The van der Waals surface area contributed by atoms with Crippen LogP contribution in [0.15, 0.2) is 77.4 Å². The maximum atomic E-state index is 13.6. The number of hydrogen-bond acceptors (Lipinski definition) is 4. The summed E-state index contributed by atoms with van der Waals surface area (Å²) in [5, 5.41) is 0. The lowest BCUT2D eigenvalue weighted by atomic mass is 10.1. The lowest BCUT2D eigenvalue weighted by Gasteiger charge is -2.23. The molecule has 0 heterocycles. The number of benzene rings is 2. The molecule has 2 aromatic rings. The summed E-state index contributed by atoms with van der Waals surface area (Å²) < 4.78 is 16.2. The molecule has 0 aliphatic carbocycles. The number of amides is 1. The molecule has 0 bridgehead atoms. The van der Waals surface area contributed by atoms with Crippen molar-refractivity contribution in [2.75, 3.05) is 32.8 Å². The van der Waals surface area contributed by atoms with Gasteiger partial charge in [-0.3, -0.25) is 4.79 Å². The molecule has 1 amide bonds. The Morgan fingerprint density at radius 3 is 1.92 bits per heavy atom. The zero-order valence-electron chi connectivity index (χ0n) is 22.9. The van der Waals surface area contributed by atoms with Gasteiger partial charge >= 0.3 is 0 Å². The molecule has 0 radical (unpaired) electrons. The molecule has 2 aromatic carbocycles. The highest BCUT2D eigenvalue weighted by atomic mass is 16.5. The molecular weight excluding hydrogens is 450 g/mol. The van der Waals surface area contributed by atoms with Gasteiger partial charge in [0.2, 0.25) is 0 Å². The van der Waals surface area contributed by atoms with Gasteiger partial charge in [-0.25, -0.2) is 0 Å². The van der Waals surface area contributed by atoms with Crippen LogP contribution in [0.2, 0.25) is 0 Å². The van der Waals surface area contributed by atoms with Crippen LogP contribution in [-0.4, -0.2) is 33.8 Å². The normalized spacial score (nSPS) is 11.6. The summed E-state index contributed by atoms with van der Waals surface area (Å²) in [7, 11) is 4.80. The van der Waals surface area contributed by atoms with Gasteiger partial charge in [0.15, 0.2) is 0 Å². The first kappa shape index (κ1) is 28.8. The van der Waals surface area contributed by atoms with Gasteiger partial charge in [0.05, 0.1) is 27.0 Å². The highest BCUT2D eigenvalue weighted by Crippen LogP contribution is 2.30. The summed E-state index contributed by atoms with van der Waals surface area (Å²) in [4.78, 5) is 15.4. The fraction of sp³-hybridized carbons (Fsp3) is 0.387. The van der Waals surface area contributed by atoms with Crippen LogP contribution in [0.5, 0.6) is 17.2 Å². The molecule has 194 valence electrons. The summed E-state index contributed by atoms with van der Waals surface area (Å²) in [6.07, 6.45) is 10.8. The third kappa shape index (κ3) is 9.29. The minimum Gasteiger partial charge on any atom is -0.497 e. The first-order chi connectivity index (χ1) is 17.3. The lowest BCUT2D eigenvalue weighted by Crippen LogP contribution is -2.31. The molecule has 0 saturated carbocycles. The molecule has 5 nitrogen and oxygen atoms in total. The van der Waals surface area contributed by atoms with Gasteiger partial charge in [-0.2, -0.15) is 0 Å². The second kappa shape index (κ2) is 14.8. The Morgan fingerprint density at radius 2 is 1.33 bits per heavy atom. The predicted molar refractivity (Wildman–Crippen MR) is 150 cm³/mol. The third-order valence-electron chi connectivity index (χ3n) is 5.95. The minimum atomic E-state index is -0.122. The van der Waals surface area contributed by atoms with Crippen LogP contribution in [-0.2, 0) is 0 Å². The number of methoxy groups -OCH3 is 3. The number of carbonyl (C=O) groups excluding carboxylic acids is 1. The molecule has 0 spiro atoms. The Kier molecular flexibility index (Phi) is 11.8. The van der Waals surface area contributed by atoms with E-state index in [-0.39, 0.29) is 5.91 Å². The zero-order chi connectivity index (χ0) is 26.5. The van der Waals surface area contributed by atoms with Gasteiger partial charge in [-0.1, -0.05) is 41.0 Å². The van der Waals surface area contributed by atoms with Crippen LogP contribution in [0.1, 0.15) is 63.7 Å². The van der Waals surface area contributed by atoms with Crippen molar-refractivity contribution in [1.82, 2.24) is 0 Å². The average molecular weight is 492 g/mol. The van der Waals surface area contributed by atoms with Crippen molar-refractivity contribution in [3.05, 3.63) is 83.0 Å². The van der Waals surface area contributed by atoms with Gasteiger partial charge < -0.3 is 19.1 Å². The fourth-order valence-electron chi connectivity index (χ4n) is 3.75. The maximum absolute atomic E-state index is 13.6. The predicted octanol–water partition coefficient (Wildman–Crippen LogP) is 7.78. The van der Waals surface area contributed by atoms with Crippen LogP contribution in [0, 0.1) is 0 Å². The smallest absolute Gasteiger partial charge is 0.258 e. The van der Waals surface area contributed by atoms with Crippen molar-refractivity contribution in [2.24, 2.45) is 0 Å².